The minimum absolute atomic E-state index is 0. The van der Waals surface area contributed by atoms with Crippen LogP contribution in [0.3, 0.4) is 0 Å². The van der Waals surface area contributed by atoms with Crippen molar-refractivity contribution in [3.8, 4) is 11.5 Å². The number of nitrogens with zero attached hydrogens (tertiary/aromatic N) is 1. The van der Waals surface area contributed by atoms with Crippen molar-refractivity contribution >= 4 is 17.8 Å². The molecule has 1 radical (unpaired) electrons. The molecule has 4 rings (SSSR count). The van der Waals surface area contributed by atoms with Crippen molar-refractivity contribution in [2.75, 3.05) is 25.2 Å². The van der Waals surface area contributed by atoms with E-state index < -0.39 is 5.90 Å². The Labute approximate surface area is 236 Å². The second-order valence-corrected chi connectivity index (χ2v) is 9.07. The van der Waals surface area contributed by atoms with Crippen molar-refractivity contribution in [3.05, 3.63) is 101 Å². The zero-order valence-corrected chi connectivity index (χ0v) is 23.5. The zero-order chi connectivity index (χ0) is 26.8. The third-order valence-electron chi connectivity index (χ3n) is 6.48. The summed E-state index contributed by atoms with van der Waals surface area (Å²) >= 11 is 0. The number of ether oxygens (including phenoxy) is 2. The van der Waals surface area contributed by atoms with Gasteiger partial charge in [0.05, 0.1) is 13.7 Å². The summed E-state index contributed by atoms with van der Waals surface area (Å²) in [7, 11) is 1.71. The molecule has 0 bridgehead atoms. The minimum atomic E-state index is -0.429. The molecule has 7 heteroatoms. The first kappa shape index (κ1) is 30.7. The molecule has 1 aliphatic heterocycles. The van der Waals surface area contributed by atoms with E-state index in [1.165, 1.54) is 28.7 Å². The van der Waals surface area contributed by atoms with Gasteiger partial charge in [-0.25, -0.2) is 0 Å². The number of nitrogens with one attached hydrogen (secondary N) is 2. The first-order chi connectivity index (χ1) is 17.9. The third-order valence-corrected chi connectivity index (χ3v) is 6.48. The monoisotopic (exact) mass is 558 g/mol. The molecule has 0 saturated heterocycles. The molecular weight excluding hydrogens is 521 g/mol. The quantitative estimate of drug-likeness (QED) is 0.196. The number of hydrogen-bond donors (Lipinski definition) is 3. The van der Waals surface area contributed by atoms with Crippen LogP contribution < -0.4 is 14.4 Å². The number of anilines is 1. The van der Waals surface area contributed by atoms with Crippen LogP contribution in [0.5, 0.6) is 11.5 Å². The largest absolute Gasteiger partial charge is 0.497 e. The normalized spacial score (nSPS) is 16.5. The number of hydrogen-bond acceptors (Lipinski definition) is 5. The summed E-state index contributed by atoms with van der Waals surface area (Å²) in [4.78, 5) is 2.31. The maximum atomic E-state index is 8.90. The van der Waals surface area contributed by atoms with Crippen molar-refractivity contribution in [3.63, 3.8) is 0 Å². The van der Waals surface area contributed by atoms with E-state index in [-0.39, 0.29) is 22.2 Å². The molecule has 0 spiro atoms. The maximum absolute atomic E-state index is 8.90. The average molecular weight is 559 g/mol. The number of rotatable bonds is 9. The molecule has 3 N–H and O–H groups in total. The minimum Gasteiger partial charge on any atom is -0.497 e. The van der Waals surface area contributed by atoms with E-state index in [1.807, 2.05) is 31.2 Å². The zero-order valence-electron chi connectivity index (χ0n) is 22.5. The number of aliphatic hydroxyl groups excluding tert-OH is 1. The van der Waals surface area contributed by atoms with E-state index in [2.05, 4.69) is 55.1 Å². The van der Waals surface area contributed by atoms with Gasteiger partial charge in [0.1, 0.15) is 11.5 Å². The van der Waals surface area contributed by atoms with E-state index in [0.29, 0.717) is 17.9 Å². The first-order valence-corrected chi connectivity index (χ1v) is 12.6. The second-order valence-electron chi connectivity index (χ2n) is 9.07. The fraction of sp³-hybridized carbons (Fsp3) is 0.290. The summed E-state index contributed by atoms with van der Waals surface area (Å²) in [6.45, 7) is 7.98. The SMILES string of the molecule is CCCOc1cccc(C(=N)O)c1.CCN1/C(=C\C=N)C(C)(Cc2ccccc2)c2cc(OC)ccc21.[Co]. The van der Waals surface area contributed by atoms with Gasteiger partial charge in [0, 0.05) is 51.9 Å². The van der Waals surface area contributed by atoms with Crippen molar-refractivity contribution in [1.29, 1.82) is 10.8 Å². The summed E-state index contributed by atoms with van der Waals surface area (Å²) in [6, 6.07) is 23.7. The van der Waals surface area contributed by atoms with Gasteiger partial charge in [-0.1, -0.05) is 43.3 Å². The summed E-state index contributed by atoms with van der Waals surface area (Å²) in [5, 5.41) is 23.5. The molecule has 3 aromatic carbocycles. The number of benzene rings is 3. The van der Waals surface area contributed by atoms with Gasteiger partial charge in [0.15, 0.2) is 0 Å². The van der Waals surface area contributed by atoms with Crippen LogP contribution in [-0.2, 0) is 28.6 Å². The molecule has 6 nitrogen and oxygen atoms in total. The van der Waals surface area contributed by atoms with Crippen molar-refractivity contribution in [1.82, 2.24) is 0 Å². The molecule has 1 atom stereocenters. The summed E-state index contributed by atoms with van der Waals surface area (Å²) < 4.78 is 10.8. The van der Waals surface area contributed by atoms with Gasteiger partial charge in [-0.05, 0) is 80.3 Å². The van der Waals surface area contributed by atoms with Crippen LogP contribution in [0.1, 0.15) is 43.9 Å². The molecule has 0 fully saturated rings. The molecule has 38 heavy (non-hydrogen) atoms. The summed E-state index contributed by atoms with van der Waals surface area (Å²) in [6.07, 6.45) is 5.16. The molecule has 0 amide bonds. The molecular formula is C31H37CoN3O3. The van der Waals surface area contributed by atoms with E-state index in [9.17, 15) is 0 Å². The Bertz CT molecular complexity index is 1250. The number of likely N-dealkylation sites (N-methyl/N-ethyl adjacent to an activating group) is 1. The number of methoxy groups -OCH3 is 1. The molecule has 203 valence electrons. The van der Waals surface area contributed by atoms with Gasteiger partial charge in [0.25, 0.3) is 0 Å². The number of allylic oxidation sites excluding steroid dienone is 2. The Balaban J connectivity index is 0.000000309. The van der Waals surface area contributed by atoms with Crippen LogP contribution in [0.2, 0.25) is 0 Å². The van der Waals surface area contributed by atoms with Gasteiger partial charge in [0.2, 0.25) is 5.90 Å². The number of aliphatic hydroxyl groups is 1. The van der Waals surface area contributed by atoms with Gasteiger partial charge in [-0.3, -0.25) is 5.41 Å². The summed E-state index contributed by atoms with van der Waals surface area (Å²) in [5.74, 6) is 1.14. The standard InChI is InChI=1S/C21H24N2O.C10H13NO2.Co/c1-4-23-19-11-10-17(24-3)14-18(19)21(2,20(23)12-13-22)15-16-8-6-5-7-9-16;1-2-6-13-9-5-3-4-8(7-9)10(11)12;/h5-14,22H,4,15H2,1-3H3;3-5,7H,2,6H2,1H3,(H2,11,12);/b20-12-,22-13?;;. The van der Waals surface area contributed by atoms with E-state index in [1.54, 1.807) is 25.3 Å². The fourth-order valence-electron chi connectivity index (χ4n) is 4.72. The Morgan fingerprint density at radius 1 is 1.00 bits per heavy atom. The molecule has 0 aromatic heterocycles. The Morgan fingerprint density at radius 3 is 2.34 bits per heavy atom. The van der Waals surface area contributed by atoms with Crippen LogP contribution >= 0.6 is 0 Å². The van der Waals surface area contributed by atoms with Crippen LogP contribution in [0.15, 0.2) is 84.6 Å². The molecule has 3 aromatic rings. The van der Waals surface area contributed by atoms with Crippen LogP contribution in [-0.4, -0.2) is 37.5 Å². The second kappa shape index (κ2) is 14.4. The Kier molecular flexibility index (Phi) is 11.6. The van der Waals surface area contributed by atoms with E-state index in [4.69, 9.17) is 25.4 Å². The topological polar surface area (TPSA) is 89.6 Å². The third kappa shape index (κ3) is 7.05. The van der Waals surface area contributed by atoms with Crippen molar-refractivity contribution in [2.24, 2.45) is 0 Å². The molecule has 0 aliphatic carbocycles. The predicted octanol–water partition coefficient (Wildman–Crippen LogP) is 6.93. The molecule has 1 unspecified atom stereocenters. The maximum Gasteiger partial charge on any atom is 0.210 e. The van der Waals surface area contributed by atoms with Crippen molar-refractivity contribution in [2.45, 2.75) is 39.0 Å². The average Bonchev–Trinajstić information content (AvgIpc) is 3.15. The van der Waals surface area contributed by atoms with Crippen molar-refractivity contribution < 1.29 is 31.4 Å². The Morgan fingerprint density at radius 2 is 1.74 bits per heavy atom. The summed E-state index contributed by atoms with van der Waals surface area (Å²) in [5.41, 5.74) is 5.24. The number of fused-ring (bicyclic) bond motifs is 1. The van der Waals surface area contributed by atoms with Crippen LogP contribution in [0, 0.1) is 10.8 Å². The smallest absolute Gasteiger partial charge is 0.210 e. The van der Waals surface area contributed by atoms with Crippen LogP contribution in [0.25, 0.3) is 0 Å². The van der Waals surface area contributed by atoms with Gasteiger partial charge < -0.3 is 24.9 Å². The molecule has 1 heterocycles. The predicted molar refractivity (Wildman–Crippen MR) is 152 cm³/mol. The molecule has 1 aliphatic rings. The van der Waals surface area contributed by atoms with Gasteiger partial charge in [-0.15, -0.1) is 0 Å². The van der Waals surface area contributed by atoms with E-state index >= 15 is 0 Å². The van der Waals surface area contributed by atoms with Gasteiger partial charge >= 0.3 is 0 Å². The molecule has 0 saturated carbocycles. The van der Waals surface area contributed by atoms with Gasteiger partial charge in [-0.2, -0.15) is 0 Å². The van der Waals surface area contributed by atoms with Crippen LogP contribution in [0.4, 0.5) is 5.69 Å². The fourth-order valence-corrected chi connectivity index (χ4v) is 4.72. The first-order valence-electron chi connectivity index (χ1n) is 12.6. The Hall–Kier alpha value is -3.55. The van der Waals surface area contributed by atoms with E-state index in [0.717, 1.165) is 25.1 Å².